The van der Waals surface area contributed by atoms with Crippen LogP contribution in [0.15, 0.2) is 18.2 Å². The van der Waals surface area contributed by atoms with E-state index in [1.165, 1.54) is 12.1 Å². The van der Waals surface area contributed by atoms with E-state index in [-0.39, 0.29) is 22.5 Å². The lowest BCUT2D eigenvalue weighted by Gasteiger charge is -2.08. The van der Waals surface area contributed by atoms with Gasteiger partial charge in [-0.1, -0.05) is 6.07 Å². The van der Waals surface area contributed by atoms with E-state index >= 15 is 0 Å². The minimum Gasteiger partial charge on any atom is -0.354 e. The third kappa shape index (κ3) is 3.10. The number of nitriles is 1. The van der Waals surface area contributed by atoms with E-state index in [0.717, 1.165) is 0 Å². The molecule has 0 atom stereocenters. The second-order valence-corrected chi connectivity index (χ2v) is 4.02. The highest BCUT2D eigenvalue weighted by Crippen LogP contribution is 2.21. The Hall–Kier alpha value is -2.46. The summed E-state index contributed by atoms with van der Waals surface area (Å²) in [5.74, 6) is -0.197. The van der Waals surface area contributed by atoms with E-state index in [1.54, 1.807) is 12.1 Å². The number of benzene rings is 1. The van der Waals surface area contributed by atoms with Crippen molar-refractivity contribution in [1.82, 2.24) is 15.0 Å². The van der Waals surface area contributed by atoms with E-state index in [2.05, 4.69) is 25.6 Å². The molecule has 1 aromatic carbocycles. The molecule has 0 saturated heterocycles. The minimum atomic E-state index is -0.621. The molecule has 2 N–H and O–H groups in total. The molecular weight excluding hydrogens is 283 g/mol. The normalized spacial score (nSPS) is 9.90. The predicted molar refractivity (Wildman–Crippen MR) is 73.4 cm³/mol. The molecular formula is C12H10ClFN6. The number of anilines is 3. The van der Waals surface area contributed by atoms with E-state index in [4.69, 9.17) is 16.9 Å². The fraction of sp³-hybridized carbons (Fsp3) is 0.167. The van der Waals surface area contributed by atoms with Crippen molar-refractivity contribution in [3.63, 3.8) is 0 Å². The molecule has 1 aromatic heterocycles. The fourth-order valence-electron chi connectivity index (χ4n) is 1.51. The molecule has 0 spiro atoms. The van der Waals surface area contributed by atoms with Gasteiger partial charge in [-0.2, -0.15) is 20.2 Å². The number of aromatic nitrogens is 3. The molecule has 0 aliphatic carbocycles. The van der Waals surface area contributed by atoms with Crippen LogP contribution in [0, 0.1) is 17.1 Å². The van der Waals surface area contributed by atoms with E-state index in [9.17, 15) is 4.39 Å². The summed E-state index contributed by atoms with van der Waals surface area (Å²) < 4.78 is 13.5. The molecule has 6 nitrogen and oxygen atoms in total. The van der Waals surface area contributed by atoms with Gasteiger partial charge in [0.1, 0.15) is 17.4 Å². The Labute approximate surface area is 119 Å². The second-order valence-electron chi connectivity index (χ2n) is 3.68. The average molecular weight is 293 g/mol. The molecule has 0 fully saturated rings. The average Bonchev–Trinajstić information content (AvgIpc) is 2.38. The van der Waals surface area contributed by atoms with Crippen molar-refractivity contribution in [2.75, 3.05) is 17.2 Å². The molecule has 2 aromatic rings. The van der Waals surface area contributed by atoms with E-state index in [0.29, 0.717) is 12.5 Å². The lowest BCUT2D eigenvalue weighted by molar-refractivity contribution is 0.624. The van der Waals surface area contributed by atoms with Gasteiger partial charge < -0.3 is 10.6 Å². The monoisotopic (exact) mass is 292 g/mol. The summed E-state index contributed by atoms with van der Waals surface area (Å²) in [5, 5.41) is 14.6. The number of hydrogen-bond donors (Lipinski definition) is 2. The Morgan fingerprint density at radius 3 is 2.75 bits per heavy atom. The zero-order chi connectivity index (χ0) is 14.5. The van der Waals surface area contributed by atoms with Gasteiger partial charge in [0, 0.05) is 6.54 Å². The van der Waals surface area contributed by atoms with Gasteiger partial charge >= 0.3 is 0 Å². The van der Waals surface area contributed by atoms with Crippen molar-refractivity contribution in [2.24, 2.45) is 0 Å². The Morgan fingerprint density at radius 2 is 2.05 bits per heavy atom. The number of hydrogen-bond acceptors (Lipinski definition) is 6. The molecule has 0 radical (unpaired) electrons. The Balaban J connectivity index is 2.35. The first-order valence-corrected chi connectivity index (χ1v) is 6.13. The quantitative estimate of drug-likeness (QED) is 0.901. The first-order valence-electron chi connectivity index (χ1n) is 5.75. The molecule has 0 bridgehead atoms. The first kappa shape index (κ1) is 14.0. The molecule has 1 heterocycles. The Bertz CT molecular complexity index is 669. The first-order chi connectivity index (χ1) is 9.63. The van der Waals surface area contributed by atoms with Crippen molar-refractivity contribution >= 4 is 29.2 Å². The van der Waals surface area contributed by atoms with Crippen molar-refractivity contribution in [2.45, 2.75) is 6.92 Å². The second kappa shape index (κ2) is 6.12. The molecule has 8 heteroatoms. The molecule has 102 valence electrons. The van der Waals surface area contributed by atoms with Crippen LogP contribution in [0.4, 0.5) is 22.0 Å². The number of nitrogens with zero attached hydrogens (tertiary/aromatic N) is 4. The van der Waals surface area contributed by atoms with Crippen molar-refractivity contribution < 1.29 is 4.39 Å². The van der Waals surface area contributed by atoms with Crippen molar-refractivity contribution in [1.29, 1.82) is 5.26 Å². The van der Waals surface area contributed by atoms with Crippen LogP contribution < -0.4 is 10.6 Å². The summed E-state index contributed by atoms with van der Waals surface area (Å²) in [6, 6.07) is 6.01. The molecule has 20 heavy (non-hydrogen) atoms. The summed E-state index contributed by atoms with van der Waals surface area (Å²) >= 11 is 5.78. The van der Waals surface area contributed by atoms with E-state index < -0.39 is 5.82 Å². The minimum absolute atomic E-state index is 0.00615. The van der Waals surface area contributed by atoms with Gasteiger partial charge in [0.2, 0.25) is 17.2 Å². The van der Waals surface area contributed by atoms with Gasteiger partial charge in [0.25, 0.3) is 0 Å². The molecule has 0 aliphatic heterocycles. The third-order valence-corrected chi connectivity index (χ3v) is 2.48. The largest absolute Gasteiger partial charge is 0.354 e. The van der Waals surface area contributed by atoms with Crippen LogP contribution in [0.25, 0.3) is 0 Å². The lowest BCUT2D eigenvalue weighted by atomic mass is 10.2. The maximum Gasteiger partial charge on any atom is 0.233 e. The molecule has 0 aliphatic rings. The summed E-state index contributed by atoms with van der Waals surface area (Å²) in [6.07, 6.45) is 0. The molecule has 0 saturated carbocycles. The van der Waals surface area contributed by atoms with Gasteiger partial charge in [-0.15, -0.1) is 0 Å². The Kier molecular flexibility index (Phi) is 4.27. The van der Waals surface area contributed by atoms with Crippen LogP contribution in [0.1, 0.15) is 12.5 Å². The molecule has 0 amide bonds. The summed E-state index contributed by atoms with van der Waals surface area (Å²) in [6.45, 7) is 2.49. The van der Waals surface area contributed by atoms with Crippen LogP contribution in [-0.2, 0) is 0 Å². The molecule has 0 unspecified atom stereocenters. The highest BCUT2D eigenvalue weighted by molar-refractivity contribution is 6.28. The number of nitrogens with one attached hydrogen (secondary N) is 2. The standard InChI is InChI=1S/C12H10ClFN6/c1-2-16-11-18-10(13)19-12(20-11)17-9-5-3-4-8(14)7(9)6-15/h3-5H,2H2,1H3,(H2,16,17,18,19,20). The maximum absolute atomic E-state index is 13.5. The smallest absolute Gasteiger partial charge is 0.233 e. The van der Waals surface area contributed by atoms with Crippen molar-refractivity contribution in [3.8, 4) is 6.07 Å². The Morgan fingerprint density at radius 1 is 1.30 bits per heavy atom. The van der Waals surface area contributed by atoms with Crippen LogP contribution >= 0.6 is 11.6 Å². The van der Waals surface area contributed by atoms with Gasteiger partial charge in [-0.05, 0) is 30.7 Å². The van der Waals surface area contributed by atoms with Crippen molar-refractivity contribution in [3.05, 3.63) is 34.9 Å². The van der Waals surface area contributed by atoms with Gasteiger partial charge in [-0.25, -0.2) is 4.39 Å². The predicted octanol–water partition coefficient (Wildman–Crippen LogP) is 2.71. The van der Waals surface area contributed by atoms with Crippen LogP contribution in [0.5, 0.6) is 0 Å². The summed E-state index contributed by atoms with van der Waals surface area (Å²) in [5.41, 5.74) is 0.145. The zero-order valence-electron chi connectivity index (χ0n) is 10.5. The van der Waals surface area contributed by atoms with E-state index in [1.807, 2.05) is 6.92 Å². The topological polar surface area (TPSA) is 86.5 Å². The lowest BCUT2D eigenvalue weighted by Crippen LogP contribution is -2.07. The highest BCUT2D eigenvalue weighted by Gasteiger charge is 2.10. The van der Waals surface area contributed by atoms with Crippen LogP contribution in [0.2, 0.25) is 5.28 Å². The van der Waals surface area contributed by atoms with Gasteiger partial charge in [0.15, 0.2) is 0 Å². The maximum atomic E-state index is 13.5. The van der Waals surface area contributed by atoms with Gasteiger partial charge in [0.05, 0.1) is 5.69 Å². The fourth-order valence-corrected chi connectivity index (χ4v) is 1.67. The van der Waals surface area contributed by atoms with Crippen LogP contribution in [0.3, 0.4) is 0 Å². The SMILES string of the molecule is CCNc1nc(Cl)nc(Nc2cccc(F)c2C#N)n1. The van der Waals surface area contributed by atoms with Gasteiger partial charge in [-0.3, -0.25) is 0 Å². The zero-order valence-corrected chi connectivity index (χ0v) is 11.2. The highest BCUT2D eigenvalue weighted by atomic mass is 35.5. The number of halogens is 2. The molecule has 2 rings (SSSR count). The summed E-state index contributed by atoms with van der Waals surface area (Å²) in [7, 11) is 0. The third-order valence-electron chi connectivity index (χ3n) is 2.31. The summed E-state index contributed by atoms with van der Waals surface area (Å²) in [4.78, 5) is 11.8. The number of rotatable bonds is 4. The van der Waals surface area contributed by atoms with Crippen LogP contribution in [-0.4, -0.2) is 21.5 Å².